The number of hydrogen-bond donors (Lipinski definition) is 2. The van der Waals surface area contributed by atoms with Gasteiger partial charge in [0.1, 0.15) is 17.0 Å². The average Bonchev–Trinajstić information content (AvgIpc) is 2.47. The van der Waals surface area contributed by atoms with Crippen LogP contribution in [0.3, 0.4) is 0 Å². The highest BCUT2D eigenvalue weighted by Crippen LogP contribution is 2.36. The lowest BCUT2D eigenvalue weighted by molar-refractivity contribution is -0.384. The van der Waals surface area contributed by atoms with Crippen LogP contribution < -0.4 is 10.1 Å². The van der Waals surface area contributed by atoms with Crippen LogP contribution in [0.15, 0.2) is 18.2 Å². The number of carbonyl (C=O) groups is 1. The molecule has 1 saturated carbocycles. The number of aliphatic carboxylic acids is 1. The molecule has 0 bridgehead atoms. The van der Waals surface area contributed by atoms with Crippen molar-refractivity contribution in [1.82, 2.24) is 0 Å². The van der Waals surface area contributed by atoms with Gasteiger partial charge in [0.25, 0.3) is 5.69 Å². The maximum Gasteiger partial charge on any atom is 0.329 e. The average molecular weight is 294 g/mol. The van der Waals surface area contributed by atoms with Gasteiger partial charge in [-0.15, -0.1) is 0 Å². The predicted octanol–water partition coefficient (Wildman–Crippen LogP) is 2.80. The number of carboxylic acids is 1. The summed E-state index contributed by atoms with van der Waals surface area (Å²) in [6, 6.07) is 4.27. The lowest BCUT2D eigenvalue weighted by Gasteiger charge is -2.34. The van der Waals surface area contributed by atoms with E-state index in [9.17, 15) is 20.0 Å². The summed E-state index contributed by atoms with van der Waals surface area (Å²) in [6.45, 7) is 0. The molecule has 7 heteroatoms. The fourth-order valence-electron chi connectivity index (χ4n) is 2.71. The monoisotopic (exact) mass is 294 g/mol. The van der Waals surface area contributed by atoms with E-state index in [1.54, 1.807) is 0 Å². The third kappa shape index (κ3) is 3.07. The van der Waals surface area contributed by atoms with Crippen molar-refractivity contribution in [2.24, 2.45) is 0 Å². The van der Waals surface area contributed by atoms with Gasteiger partial charge in [-0.25, -0.2) is 4.79 Å². The second-order valence-electron chi connectivity index (χ2n) is 5.21. The minimum absolute atomic E-state index is 0.151. The molecule has 0 atom stereocenters. The first kappa shape index (κ1) is 15.1. The third-order valence-corrected chi connectivity index (χ3v) is 3.89. The van der Waals surface area contributed by atoms with Crippen LogP contribution >= 0.6 is 0 Å². The molecule has 0 amide bonds. The SMILES string of the molecule is COc1ccc([N+](=O)[O-])c(NC2(C(=O)O)CCCCC2)c1. The number of anilines is 1. The number of ether oxygens (including phenoxy) is 1. The summed E-state index contributed by atoms with van der Waals surface area (Å²) in [5.41, 5.74) is -1.11. The van der Waals surface area contributed by atoms with Gasteiger partial charge in [-0.05, 0) is 18.9 Å². The lowest BCUT2D eigenvalue weighted by atomic mass is 9.81. The minimum atomic E-state index is -1.14. The van der Waals surface area contributed by atoms with Gasteiger partial charge in [-0.1, -0.05) is 19.3 Å². The van der Waals surface area contributed by atoms with Gasteiger partial charge in [0, 0.05) is 12.1 Å². The molecule has 21 heavy (non-hydrogen) atoms. The molecule has 114 valence electrons. The number of nitrogens with one attached hydrogen (secondary N) is 1. The molecule has 1 aliphatic carbocycles. The van der Waals surface area contributed by atoms with E-state index in [4.69, 9.17) is 4.74 Å². The van der Waals surface area contributed by atoms with Crippen LogP contribution in [0.25, 0.3) is 0 Å². The maximum absolute atomic E-state index is 11.7. The molecule has 0 aromatic heterocycles. The molecular formula is C14H18N2O5. The van der Waals surface area contributed by atoms with Crippen molar-refractivity contribution in [3.63, 3.8) is 0 Å². The Kier molecular flexibility index (Phi) is 4.30. The van der Waals surface area contributed by atoms with E-state index in [-0.39, 0.29) is 11.4 Å². The molecule has 0 radical (unpaired) electrons. The Morgan fingerprint density at radius 2 is 2.05 bits per heavy atom. The molecule has 7 nitrogen and oxygen atoms in total. The van der Waals surface area contributed by atoms with Crippen LogP contribution in [0.2, 0.25) is 0 Å². The van der Waals surface area contributed by atoms with E-state index < -0.39 is 16.4 Å². The summed E-state index contributed by atoms with van der Waals surface area (Å²) in [6.07, 6.45) is 3.47. The minimum Gasteiger partial charge on any atom is -0.497 e. The predicted molar refractivity (Wildman–Crippen MR) is 76.7 cm³/mol. The zero-order valence-corrected chi connectivity index (χ0v) is 11.8. The normalized spacial score (nSPS) is 17.0. The molecule has 1 aromatic rings. The smallest absolute Gasteiger partial charge is 0.329 e. The number of nitro benzene ring substituents is 1. The molecule has 1 aromatic carbocycles. The number of carboxylic acid groups (broad SMARTS) is 1. The standard InChI is InChI=1S/C14H18N2O5/c1-21-10-5-6-12(16(19)20)11(9-10)15-14(13(17)18)7-3-2-4-8-14/h5-6,9,15H,2-4,7-8H2,1H3,(H,17,18). The number of nitrogens with zero attached hydrogens (tertiary/aromatic N) is 1. The van der Waals surface area contributed by atoms with Crippen molar-refractivity contribution in [2.75, 3.05) is 12.4 Å². The van der Waals surface area contributed by atoms with Crippen molar-refractivity contribution in [1.29, 1.82) is 0 Å². The van der Waals surface area contributed by atoms with Crippen LogP contribution in [-0.2, 0) is 4.79 Å². The number of methoxy groups -OCH3 is 1. The van der Waals surface area contributed by atoms with Gasteiger partial charge in [0.2, 0.25) is 0 Å². The topological polar surface area (TPSA) is 102 Å². The van der Waals surface area contributed by atoms with Crippen LogP contribution in [-0.4, -0.2) is 28.6 Å². The summed E-state index contributed by atoms with van der Waals surface area (Å²) < 4.78 is 5.06. The molecule has 0 heterocycles. The molecule has 2 N–H and O–H groups in total. The quantitative estimate of drug-likeness (QED) is 0.639. The highest BCUT2D eigenvalue weighted by atomic mass is 16.6. The first-order valence-electron chi connectivity index (χ1n) is 6.82. The van der Waals surface area contributed by atoms with E-state index in [0.29, 0.717) is 18.6 Å². The Morgan fingerprint density at radius 1 is 1.38 bits per heavy atom. The van der Waals surface area contributed by atoms with E-state index in [1.165, 1.54) is 25.3 Å². The van der Waals surface area contributed by atoms with Crippen LogP contribution in [0.5, 0.6) is 5.75 Å². The first-order chi connectivity index (χ1) is 9.98. The van der Waals surface area contributed by atoms with Gasteiger partial charge in [-0.2, -0.15) is 0 Å². The van der Waals surface area contributed by atoms with E-state index in [2.05, 4.69) is 5.32 Å². The van der Waals surface area contributed by atoms with Gasteiger partial charge < -0.3 is 15.2 Å². The summed E-state index contributed by atoms with van der Waals surface area (Å²) >= 11 is 0. The second-order valence-corrected chi connectivity index (χ2v) is 5.21. The largest absolute Gasteiger partial charge is 0.497 e. The van der Waals surface area contributed by atoms with Gasteiger partial charge in [-0.3, -0.25) is 10.1 Å². The zero-order chi connectivity index (χ0) is 15.5. The zero-order valence-electron chi connectivity index (χ0n) is 11.8. The van der Waals surface area contributed by atoms with Crippen LogP contribution in [0.4, 0.5) is 11.4 Å². The molecule has 0 saturated heterocycles. The summed E-state index contributed by atoms with van der Waals surface area (Å²) in [4.78, 5) is 22.2. The summed E-state index contributed by atoms with van der Waals surface area (Å²) in [5.74, 6) is -0.529. The maximum atomic E-state index is 11.7. The van der Waals surface area contributed by atoms with Gasteiger partial charge >= 0.3 is 5.97 Å². The Labute approximate surface area is 122 Å². The van der Waals surface area contributed by atoms with E-state index >= 15 is 0 Å². The van der Waals surface area contributed by atoms with Crippen molar-refractivity contribution in [3.8, 4) is 5.75 Å². The fourth-order valence-corrected chi connectivity index (χ4v) is 2.71. The number of nitro groups is 1. The molecular weight excluding hydrogens is 276 g/mol. The lowest BCUT2D eigenvalue weighted by Crippen LogP contribution is -2.48. The molecule has 1 fully saturated rings. The second kappa shape index (κ2) is 5.99. The van der Waals surface area contributed by atoms with Gasteiger partial charge in [0.15, 0.2) is 0 Å². The van der Waals surface area contributed by atoms with Crippen molar-refractivity contribution >= 4 is 17.3 Å². The van der Waals surface area contributed by atoms with Crippen LogP contribution in [0, 0.1) is 10.1 Å². The number of hydrogen-bond acceptors (Lipinski definition) is 5. The molecule has 0 unspecified atom stereocenters. The summed E-state index contributed by atoms with van der Waals surface area (Å²) in [7, 11) is 1.46. The van der Waals surface area contributed by atoms with E-state index in [1.807, 2.05) is 0 Å². The Balaban J connectivity index is 2.39. The fraction of sp³-hybridized carbons (Fsp3) is 0.500. The van der Waals surface area contributed by atoms with Crippen molar-refractivity contribution in [3.05, 3.63) is 28.3 Å². The van der Waals surface area contributed by atoms with Crippen molar-refractivity contribution in [2.45, 2.75) is 37.6 Å². The van der Waals surface area contributed by atoms with Gasteiger partial charge in [0.05, 0.1) is 12.0 Å². The third-order valence-electron chi connectivity index (χ3n) is 3.89. The van der Waals surface area contributed by atoms with E-state index in [0.717, 1.165) is 19.3 Å². The molecule has 2 rings (SSSR count). The van der Waals surface area contributed by atoms with Crippen molar-refractivity contribution < 1.29 is 19.6 Å². The highest BCUT2D eigenvalue weighted by Gasteiger charge is 2.40. The molecule has 1 aliphatic rings. The highest BCUT2D eigenvalue weighted by molar-refractivity contribution is 5.84. The Bertz CT molecular complexity index is 552. The summed E-state index contributed by atoms with van der Waals surface area (Å²) in [5, 5.41) is 23.6. The Morgan fingerprint density at radius 3 is 2.57 bits per heavy atom. The molecule has 0 spiro atoms. The molecule has 0 aliphatic heterocycles. The number of rotatable bonds is 5. The van der Waals surface area contributed by atoms with Crippen LogP contribution in [0.1, 0.15) is 32.1 Å². The first-order valence-corrected chi connectivity index (χ1v) is 6.82. The Hall–Kier alpha value is -2.31. The number of benzene rings is 1.